The molecule has 2 amide bonds. The van der Waals surface area contributed by atoms with Crippen molar-refractivity contribution in [3.05, 3.63) is 34.5 Å². The Kier molecular flexibility index (Phi) is 5.68. The van der Waals surface area contributed by atoms with Crippen LogP contribution in [0.15, 0.2) is 17.8 Å². The first kappa shape index (κ1) is 23.8. The molecule has 176 valence electrons. The molecule has 0 radical (unpaired) electrons. The normalized spacial score (nSPS) is 18.4. The van der Waals surface area contributed by atoms with E-state index >= 15 is 0 Å². The number of ether oxygens (including phenoxy) is 2. The summed E-state index contributed by atoms with van der Waals surface area (Å²) in [6, 6.07) is 1.71. The number of alkyl halides is 5. The first-order valence-electron chi connectivity index (χ1n) is 9.80. The Morgan fingerprint density at radius 3 is 2.34 bits per heavy atom. The number of amides is 2. The first-order chi connectivity index (χ1) is 14.6. The van der Waals surface area contributed by atoms with Crippen LogP contribution in [-0.4, -0.2) is 54.3 Å². The van der Waals surface area contributed by atoms with Gasteiger partial charge in [-0.25, -0.2) is 4.79 Å². The molecular weight excluding hydrogens is 439 g/mol. The molecule has 0 bridgehead atoms. The molecule has 2 aliphatic heterocycles. The molecule has 2 aliphatic rings. The van der Waals surface area contributed by atoms with Gasteiger partial charge in [0.15, 0.2) is 0 Å². The van der Waals surface area contributed by atoms with Gasteiger partial charge in [0.05, 0.1) is 18.5 Å². The lowest BCUT2D eigenvalue weighted by atomic mass is 9.87. The van der Waals surface area contributed by atoms with Gasteiger partial charge < -0.3 is 14.4 Å². The Morgan fingerprint density at radius 2 is 1.84 bits per heavy atom. The molecule has 32 heavy (non-hydrogen) atoms. The number of carbonyl (C=O) groups excluding carboxylic acids is 2. The Bertz CT molecular complexity index is 1000. The summed E-state index contributed by atoms with van der Waals surface area (Å²) in [5.41, 5.74) is -2.81. The number of benzene rings is 1. The van der Waals surface area contributed by atoms with Crippen LogP contribution in [0.25, 0.3) is 5.70 Å². The number of halogens is 5. The summed E-state index contributed by atoms with van der Waals surface area (Å²) in [5.74, 6) is -5.44. The molecule has 2 heterocycles. The summed E-state index contributed by atoms with van der Waals surface area (Å²) in [4.78, 5) is 27.4. The second-order valence-corrected chi connectivity index (χ2v) is 8.17. The molecular formula is C21H23F5N2O4. The highest BCUT2D eigenvalue weighted by Crippen LogP contribution is 2.51. The number of methoxy groups -OCH3 is 1. The van der Waals surface area contributed by atoms with Crippen molar-refractivity contribution in [3.8, 4) is 5.75 Å². The predicted octanol–water partition coefficient (Wildman–Crippen LogP) is 4.81. The summed E-state index contributed by atoms with van der Waals surface area (Å²) in [5, 5.41) is 0. The zero-order valence-electron chi connectivity index (χ0n) is 18.2. The minimum Gasteiger partial charge on any atom is -0.481 e. The van der Waals surface area contributed by atoms with Gasteiger partial charge in [0, 0.05) is 31.1 Å². The van der Waals surface area contributed by atoms with Crippen LogP contribution < -0.4 is 4.74 Å². The van der Waals surface area contributed by atoms with Gasteiger partial charge in [0.2, 0.25) is 5.91 Å². The average Bonchev–Trinajstić information content (AvgIpc) is 3.09. The van der Waals surface area contributed by atoms with Gasteiger partial charge in [-0.3, -0.25) is 9.69 Å². The molecule has 1 aromatic carbocycles. The lowest BCUT2D eigenvalue weighted by Crippen LogP contribution is -2.47. The highest BCUT2D eigenvalue weighted by atomic mass is 19.4. The minimum atomic E-state index is -5.82. The Morgan fingerprint density at radius 1 is 1.22 bits per heavy atom. The summed E-state index contributed by atoms with van der Waals surface area (Å²) in [6.07, 6.45) is -6.00. The van der Waals surface area contributed by atoms with Crippen LogP contribution in [0.4, 0.5) is 26.7 Å². The Labute approximate surface area is 181 Å². The van der Waals surface area contributed by atoms with Crippen molar-refractivity contribution in [2.75, 3.05) is 20.7 Å². The molecule has 0 saturated carbocycles. The van der Waals surface area contributed by atoms with Crippen molar-refractivity contribution >= 4 is 17.7 Å². The van der Waals surface area contributed by atoms with Gasteiger partial charge >= 0.3 is 18.2 Å². The quantitative estimate of drug-likeness (QED) is 0.605. The molecule has 0 atom stereocenters. The van der Waals surface area contributed by atoms with E-state index in [4.69, 9.17) is 9.47 Å². The third-order valence-electron chi connectivity index (χ3n) is 5.64. The van der Waals surface area contributed by atoms with Crippen molar-refractivity contribution < 1.29 is 41.0 Å². The highest BCUT2D eigenvalue weighted by Gasteiger charge is 2.60. The van der Waals surface area contributed by atoms with Crippen LogP contribution in [0.5, 0.6) is 5.75 Å². The zero-order valence-corrected chi connectivity index (χ0v) is 18.2. The van der Waals surface area contributed by atoms with E-state index in [1.807, 2.05) is 0 Å². The third kappa shape index (κ3) is 3.57. The number of hydrogen-bond donors (Lipinski definition) is 0. The minimum absolute atomic E-state index is 0.0333. The standard InChI is InChI=1S/C21H23F5N2O4/c1-11-12(20(22,23)21(24,25)26)8-9-13-15(11)16(28-10-6-7-14(28)29)17(19(2,3)32-13)27(4)18(30)31-5/h8-9H,6-7,10H2,1-5H3. The van der Waals surface area contributed by atoms with Gasteiger partial charge in [0.25, 0.3) is 0 Å². The van der Waals surface area contributed by atoms with Crippen molar-refractivity contribution in [2.45, 2.75) is 51.3 Å². The monoisotopic (exact) mass is 462 g/mol. The predicted molar refractivity (Wildman–Crippen MR) is 104 cm³/mol. The second kappa shape index (κ2) is 7.63. The smallest absolute Gasteiger partial charge is 0.458 e. The van der Waals surface area contributed by atoms with Crippen LogP contribution in [0.3, 0.4) is 0 Å². The molecule has 0 spiro atoms. The van der Waals surface area contributed by atoms with Crippen LogP contribution in [-0.2, 0) is 15.5 Å². The summed E-state index contributed by atoms with van der Waals surface area (Å²) < 4.78 is 78.8. The number of nitrogens with zero attached hydrogens (tertiary/aromatic N) is 2. The topological polar surface area (TPSA) is 59.1 Å². The van der Waals surface area contributed by atoms with Crippen LogP contribution in [0.1, 0.15) is 43.4 Å². The van der Waals surface area contributed by atoms with Crippen LogP contribution in [0, 0.1) is 6.92 Å². The zero-order chi connectivity index (χ0) is 24.2. The maximum absolute atomic E-state index is 14.3. The van der Waals surface area contributed by atoms with E-state index in [1.54, 1.807) is 13.8 Å². The van der Waals surface area contributed by atoms with Gasteiger partial charge in [0.1, 0.15) is 11.4 Å². The van der Waals surface area contributed by atoms with Crippen molar-refractivity contribution in [2.24, 2.45) is 0 Å². The fraction of sp³-hybridized carbons (Fsp3) is 0.524. The second-order valence-electron chi connectivity index (χ2n) is 8.17. The molecule has 0 N–H and O–H groups in total. The number of rotatable bonds is 3. The van der Waals surface area contributed by atoms with Crippen molar-refractivity contribution in [1.29, 1.82) is 0 Å². The van der Waals surface area contributed by atoms with E-state index in [2.05, 4.69) is 0 Å². The van der Waals surface area contributed by atoms with Crippen molar-refractivity contribution in [1.82, 2.24) is 9.80 Å². The van der Waals surface area contributed by atoms with Crippen molar-refractivity contribution in [3.63, 3.8) is 0 Å². The van der Waals surface area contributed by atoms with Gasteiger partial charge in [-0.1, -0.05) is 0 Å². The molecule has 1 aromatic rings. The molecule has 11 heteroatoms. The van der Waals surface area contributed by atoms with E-state index in [0.717, 1.165) is 25.0 Å². The van der Waals surface area contributed by atoms with Gasteiger partial charge in [-0.15, -0.1) is 0 Å². The largest absolute Gasteiger partial charge is 0.481 e. The molecule has 1 saturated heterocycles. The highest BCUT2D eigenvalue weighted by molar-refractivity contribution is 5.93. The molecule has 3 rings (SSSR count). The maximum Gasteiger partial charge on any atom is 0.458 e. The summed E-state index contributed by atoms with van der Waals surface area (Å²) in [6.45, 7) is 4.52. The fourth-order valence-corrected chi connectivity index (χ4v) is 4.22. The van der Waals surface area contributed by atoms with E-state index in [-0.39, 0.29) is 41.6 Å². The maximum atomic E-state index is 14.3. The van der Waals surface area contributed by atoms with E-state index in [0.29, 0.717) is 12.5 Å². The number of carbonyl (C=O) groups is 2. The summed E-state index contributed by atoms with van der Waals surface area (Å²) in [7, 11) is 2.49. The lowest BCUT2D eigenvalue weighted by Gasteiger charge is -2.42. The number of hydrogen-bond acceptors (Lipinski definition) is 4. The molecule has 0 aliphatic carbocycles. The summed E-state index contributed by atoms with van der Waals surface area (Å²) >= 11 is 0. The Hall–Kier alpha value is -2.85. The molecule has 0 aromatic heterocycles. The molecule has 1 fully saturated rings. The number of likely N-dealkylation sites (N-methyl/N-ethyl adjacent to an activating group) is 1. The fourth-order valence-electron chi connectivity index (χ4n) is 4.22. The first-order valence-corrected chi connectivity index (χ1v) is 9.80. The number of likely N-dealkylation sites (tertiary alicyclic amines) is 1. The SMILES string of the molecule is COC(=O)N(C)C1=C(N2CCCC2=O)c2c(ccc(C(F)(F)C(F)(F)F)c2C)OC1(C)C. The van der Waals surface area contributed by atoms with E-state index < -0.39 is 34.9 Å². The Balaban J connectivity index is 2.40. The lowest BCUT2D eigenvalue weighted by molar-refractivity contribution is -0.289. The average molecular weight is 462 g/mol. The molecule has 6 nitrogen and oxygen atoms in total. The molecule has 0 unspecified atom stereocenters. The van der Waals surface area contributed by atoms with Crippen LogP contribution >= 0.6 is 0 Å². The van der Waals surface area contributed by atoms with Crippen LogP contribution in [0.2, 0.25) is 0 Å². The van der Waals surface area contributed by atoms with Gasteiger partial charge in [-0.05, 0) is 44.9 Å². The third-order valence-corrected chi connectivity index (χ3v) is 5.64. The van der Waals surface area contributed by atoms with E-state index in [1.165, 1.54) is 11.9 Å². The van der Waals surface area contributed by atoms with Gasteiger partial charge in [-0.2, -0.15) is 22.0 Å². The van der Waals surface area contributed by atoms with E-state index in [9.17, 15) is 31.5 Å². The number of fused-ring (bicyclic) bond motifs is 1.